The van der Waals surface area contributed by atoms with Gasteiger partial charge in [-0.25, -0.2) is 0 Å². The smallest absolute Gasteiger partial charge is 0.243 e. The van der Waals surface area contributed by atoms with Crippen LogP contribution in [0.5, 0.6) is 0 Å². The Morgan fingerprint density at radius 1 is 1.56 bits per heavy atom. The van der Waals surface area contributed by atoms with Crippen LogP contribution in [0.4, 0.5) is 0 Å². The second kappa shape index (κ2) is 4.35. The maximum atomic E-state index is 5.28. The molecular formula is C11H13N3OS. The Kier molecular flexibility index (Phi) is 2.71. The van der Waals surface area contributed by atoms with Crippen LogP contribution >= 0.6 is 11.3 Å². The lowest BCUT2D eigenvalue weighted by Crippen LogP contribution is -2.13. The largest absolute Gasteiger partial charge is 0.338 e. The monoisotopic (exact) mass is 235 g/mol. The molecule has 3 heterocycles. The highest BCUT2D eigenvalue weighted by Gasteiger charge is 2.22. The van der Waals surface area contributed by atoms with Crippen molar-refractivity contribution in [2.45, 2.75) is 25.3 Å². The molecule has 1 fully saturated rings. The molecule has 0 aliphatic carbocycles. The van der Waals surface area contributed by atoms with Gasteiger partial charge in [-0.3, -0.25) is 0 Å². The topological polar surface area (TPSA) is 51.0 Å². The van der Waals surface area contributed by atoms with Crippen LogP contribution in [0.15, 0.2) is 22.0 Å². The predicted octanol–water partition coefficient (Wildman–Crippen LogP) is 2.15. The Balaban J connectivity index is 1.72. The van der Waals surface area contributed by atoms with Crippen LogP contribution in [0, 0.1) is 0 Å². The van der Waals surface area contributed by atoms with E-state index >= 15 is 0 Å². The van der Waals surface area contributed by atoms with Gasteiger partial charge in [-0.1, -0.05) is 11.2 Å². The Morgan fingerprint density at radius 2 is 2.56 bits per heavy atom. The van der Waals surface area contributed by atoms with Crippen molar-refractivity contribution in [3.63, 3.8) is 0 Å². The van der Waals surface area contributed by atoms with E-state index in [2.05, 4.69) is 26.9 Å². The molecule has 16 heavy (non-hydrogen) atoms. The third-order valence-corrected chi connectivity index (χ3v) is 3.63. The summed E-state index contributed by atoms with van der Waals surface area (Å²) in [7, 11) is 0. The number of nitrogens with zero attached hydrogens (tertiary/aromatic N) is 2. The number of hydrogen-bond acceptors (Lipinski definition) is 5. The molecule has 0 radical (unpaired) electrons. The van der Waals surface area contributed by atoms with Crippen molar-refractivity contribution in [1.29, 1.82) is 0 Å². The molecule has 0 aromatic carbocycles. The van der Waals surface area contributed by atoms with Crippen LogP contribution in [-0.4, -0.2) is 16.7 Å². The standard InChI is InChI=1S/C11H13N3OS/c1-4-9(12-5-1)11-13-10(14-15-11)7-8-3-2-6-16-8/h2-3,6,9,12H,1,4-5,7H2/t9-/m0/s1. The molecule has 1 aliphatic rings. The highest BCUT2D eigenvalue weighted by Crippen LogP contribution is 2.22. The number of thiophene rings is 1. The van der Waals surface area contributed by atoms with Gasteiger partial charge in [0.1, 0.15) is 0 Å². The van der Waals surface area contributed by atoms with Gasteiger partial charge in [-0.15, -0.1) is 11.3 Å². The summed E-state index contributed by atoms with van der Waals surface area (Å²) in [5, 5.41) is 9.43. The summed E-state index contributed by atoms with van der Waals surface area (Å²) in [5.74, 6) is 1.52. The maximum absolute atomic E-state index is 5.28. The van der Waals surface area contributed by atoms with Gasteiger partial charge in [0.25, 0.3) is 0 Å². The van der Waals surface area contributed by atoms with Crippen molar-refractivity contribution >= 4 is 11.3 Å². The van der Waals surface area contributed by atoms with E-state index in [1.807, 2.05) is 6.07 Å². The first-order valence-corrected chi connectivity index (χ1v) is 6.38. The second-order valence-electron chi connectivity index (χ2n) is 3.95. The number of rotatable bonds is 3. The van der Waals surface area contributed by atoms with Gasteiger partial charge in [0, 0.05) is 11.3 Å². The molecule has 0 bridgehead atoms. The quantitative estimate of drug-likeness (QED) is 0.885. The average molecular weight is 235 g/mol. The zero-order valence-corrected chi connectivity index (χ0v) is 9.67. The lowest BCUT2D eigenvalue weighted by Gasteiger charge is -2.01. The Labute approximate surface area is 97.7 Å². The molecular weight excluding hydrogens is 222 g/mol. The summed E-state index contributed by atoms with van der Waals surface area (Å²) in [6.45, 7) is 1.05. The normalized spacial score (nSPS) is 20.4. The minimum absolute atomic E-state index is 0.268. The highest BCUT2D eigenvalue weighted by atomic mass is 32.1. The molecule has 1 saturated heterocycles. The van der Waals surface area contributed by atoms with Gasteiger partial charge in [-0.2, -0.15) is 4.98 Å². The van der Waals surface area contributed by atoms with E-state index in [0.717, 1.165) is 31.1 Å². The lowest BCUT2D eigenvalue weighted by molar-refractivity contribution is 0.341. The molecule has 0 unspecified atom stereocenters. The Morgan fingerprint density at radius 3 is 3.31 bits per heavy atom. The van der Waals surface area contributed by atoms with Crippen LogP contribution in [0.25, 0.3) is 0 Å². The fraction of sp³-hybridized carbons (Fsp3) is 0.455. The molecule has 1 aliphatic heterocycles. The number of hydrogen-bond donors (Lipinski definition) is 1. The van der Waals surface area contributed by atoms with E-state index in [4.69, 9.17) is 4.52 Å². The predicted molar refractivity (Wildman–Crippen MR) is 61.4 cm³/mol. The Hall–Kier alpha value is -1.20. The van der Waals surface area contributed by atoms with Crippen molar-refractivity contribution in [2.24, 2.45) is 0 Å². The molecule has 84 valence electrons. The van der Waals surface area contributed by atoms with Gasteiger partial charge in [0.05, 0.1) is 6.04 Å². The average Bonchev–Trinajstić information content (AvgIpc) is 2.99. The summed E-state index contributed by atoms with van der Waals surface area (Å²) in [5.41, 5.74) is 0. The van der Waals surface area contributed by atoms with Crippen LogP contribution in [0.3, 0.4) is 0 Å². The van der Waals surface area contributed by atoms with Crippen LogP contribution in [0.2, 0.25) is 0 Å². The van der Waals surface area contributed by atoms with Gasteiger partial charge >= 0.3 is 0 Å². The minimum atomic E-state index is 0.268. The summed E-state index contributed by atoms with van der Waals surface area (Å²) >= 11 is 1.72. The Bertz CT molecular complexity index is 446. The first-order valence-electron chi connectivity index (χ1n) is 5.50. The fourth-order valence-corrected chi connectivity index (χ4v) is 2.65. The lowest BCUT2D eigenvalue weighted by atomic mass is 10.2. The zero-order chi connectivity index (χ0) is 10.8. The van der Waals surface area contributed by atoms with E-state index in [9.17, 15) is 0 Å². The summed E-state index contributed by atoms with van der Waals surface area (Å²) < 4.78 is 5.28. The third-order valence-electron chi connectivity index (χ3n) is 2.75. The van der Waals surface area contributed by atoms with Gasteiger partial charge in [0.15, 0.2) is 5.82 Å². The molecule has 1 N–H and O–H groups in total. The summed E-state index contributed by atoms with van der Waals surface area (Å²) in [4.78, 5) is 5.70. The molecule has 0 amide bonds. The van der Waals surface area contributed by atoms with Crippen molar-refractivity contribution in [3.05, 3.63) is 34.1 Å². The molecule has 0 saturated carbocycles. The van der Waals surface area contributed by atoms with Crippen molar-refractivity contribution in [3.8, 4) is 0 Å². The first kappa shape index (κ1) is 9.99. The van der Waals surface area contributed by atoms with Crippen LogP contribution in [-0.2, 0) is 6.42 Å². The molecule has 2 aromatic heterocycles. The number of aromatic nitrogens is 2. The van der Waals surface area contributed by atoms with E-state index in [1.54, 1.807) is 11.3 Å². The van der Waals surface area contributed by atoms with Crippen molar-refractivity contribution < 1.29 is 4.52 Å². The number of nitrogens with one attached hydrogen (secondary N) is 1. The molecule has 0 spiro atoms. The second-order valence-corrected chi connectivity index (χ2v) is 4.99. The minimum Gasteiger partial charge on any atom is -0.338 e. The molecule has 5 heteroatoms. The van der Waals surface area contributed by atoms with Gasteiger partial charge in [0.2, 0.25) is 5.89 Å². The van der Waals surface area contributed by atoms with Gasteiger partial charge < -0.3 is 9.84 Å². The third kappa shape index (κ3) is 2.01. The molecule has 4 nitrogen and oxygen atoms in total. The molecule has 2 aromatic rings. The summed E-state index contributed by atoms with van der Waals surface area (Å²) in [6, 6.07) is 4.40. The zero-order valence-electron chi connectivity index (χ0n) is 8.85. The van der Waals surface area contributed by atoms with E-state index in [0.29, 0.717) is 0 Å². The van der Waals surface area contributed by atoms with Crippen molar-refractivity contribution in [2.75, 3.05) is 6.54 Å². The van der Waals surface area contributed by atoms with E-state index in [-0.39, 0.29) is 6.04 Å². The van der Waals surface area contributed by atoms with E-state index < -0.39 is 0 Å². The summed E-state index contributed by atoms with van der Waals surface area (Å²) in [6.07, 6.45) is 3.06. The SMILES string of the molecule is c1csc(Cc2noc([C@@H]3CCCN3)n2)c1. The van der Waals surface area contributed by atoms with Crippen LogP contribution in [0.1, 0.15) is 35.5 Å². The highest BCUT2D eigenvalue weighted by molar-refractivity contribution is 7.09. The molecule has 1 atom stereocenters. The van der Waals surface area contributed by atoms with E-state index in [1.165, 1.54) is 11.3 Å². The van der Waals surface area contributed by atoms with Crippen molar-refractivity contribution in [1.82, 2.24) is 15.5 Å². The first-order chi connectivity index (χ1) is 7.92. The fourth-order valence-electron chi connectivity index (χ4n) is 1.95. The maximum Gasteiger partial charge on any atom is 0.243 e. The molecule has 3 rings (SSSR count). The van der Waals surface area contributed by atoms with Crippen LogP contribution < -0.4 is 5.32 Å². The van der Waals surface area contributed by atoms with Gasteiger partial charge in [-0.05, 0) is 30.8 Å².